The van der Waals surface area contributed by atoms with E-state index in [2.05, 4.69) is 42.9 Å². The van der Waals surface area contributed by atoms with E-state index in [1.165, 1.54) is 35.9 Å². The number of hydrogen-bond donors (Lipinski definition) is 2. The zero-order valence-corrected chi connectivity index (χ0v) is 20.8. The van der Waals surface area contributed by atoms with Crippen LogP contribution in [-0.2, 0) is 16.0 Å². The summed E-state index contributed by atoms with van der Waals surface area (Å²) in [5, 5.41) is 17.7. The van der Waals surface area contributed by atoms with Crippen molar-refractivity contribution in [3.8, 4) is 0 Å². The minimum Gasteiger partial charge on any atom is -0.463 e. The van der Waals surface area contributed by atoms with E-state index in [0.717, 1.165) is 30.2 Å². The molecule has 2 N–H and O–H groups in total. The lowest BCUT2D eigenvalue weighted by molar-refractivity contribution is -0.139. The molecule has 0 radical (unpaired) electrons. The van der Waals surface area contributed by atoms with Crippen molar-refractivity contribution in [3.05, 3.63) is 39.5 Å². The van der Waals surface area contributed by atoms with Crippen LogP contribution in [0.15, 0.2) is 33.9 Å². The molecule has 4 rings (SSSR count). The summed E-state index contributed by atoms with van der Waals surface area (Å²) in [7, 11) is 0. The topological polar surface area (TPSA) is 98.1 Å². The second-order valence-electron chi connectivity index (χ2n) is 8.28. The van der Waals surface area contributed by atoms with Crippen LogP contribution in [0.25, 0.3) is 0 Å². The summed E-state index contributed by atoms with van der Waals surface area (Å²) in [5.41, 5.74) is 1.08. The summed E-state index contributed by atoms with van der Waals surface area (Å²) in [6.45, 7) is 4.01. The van der Waals surface area contributed by atoms with Gasteiger partial charge in [-0.2, -0.15) is 0 Å². The van der Waals surface area contributed by atoms with Gasteiger partial charge in [0, 0.05) is 28.8 Å². The number of aromatic nitrogens is 3. The molecular weight excluding hydrogens is 458 g/mol. The third-order valence-corrected chi connectivity index (χ3v) is 7.93. The monoisotopic (exact) mass is 489 g/mol. The number of thiophene rings is 1. The van der Waals surface area contributed by atoms with Gasteiger partial charge >= 0.3 is 12.0 Å². The Hall–Kier alpha value is -2.33. The summed E-state index contributed by atoms with van der Waals surface area (Å²) in [6.07, 6.45) is 7.31. The highest BCUT2D eigenvalue weighted by Crippen LogP contribution is 2.34. The lowest BCUT2D eigenvalue weighted by Gasteiger charge is -2.28. The molecule has 1 fully saturated rings. The van der Waals surface area contributed by atoms with Crippen LogP contribution in [0.3, 0.4) is 0 Å². The van der Waals surface area contributed by atoms with Crippen molar-refractivity contribution >= 4 is 35.1 Å². The number of carbonyl (C=O) groups excluding carboxylic acids is 2. The van der Waals surface area contributed by atoms with E-state index in [1.54, 1.807) is 18.3 Å². The van der Waals surface area contributed by atoms with Crippen LogP contribution in [0.1, 0.15) is 69.1 Å². The number of amides is 2. The van der Waals surface area contributed by atoms with Crippen LogP contribution in [0.5, 0.6) is 0 Å². The zero-order valence-electron chi connectivity index (χ0n) is 19.1. The molecule has 2 amide bonds. The van der Waals surface area contributed by atoms with E-state index in [1.807, 2.05) is 6.92 Å². The SMILES string of the molecule is CCOC(=O)C1=C(CSc2nnc(Cc3cccs3)n2C2CCCCC2)NC(=O)NC1CC. The summed E-state index contributed by atoms with van der Waals surface area (Å²) in [6, 6.07) is 3.92. The molecule has 0 spiro atoms. The average molecular weight is 490 g/mol. The molecule has 3 heterocycles. The first-order valence-electron chi connectivity index (χ1n) is 11.7. The standard InChI is InChI=1S/C23H31N5O3S2/c1-3-17-20(21(29)31-4-2)18(25-22(30)24-17)14-33-23-27-26-19(13-16-11-8-12-32-16)28(23)15-9-6-5-7-10-15/h8,11-12,15,17H,3-7,9-10,13-14H2,1-2H3,(H2,24,25,30). The Morgan fingerprint density at radius 1 is 1.27 bits per heavy atom. The number of ether oxygens (including phenoxy) is 1. The molecule has 1 aliphatic carbocycles. The van der Waals surface area contributed by atoms with Crippen molar-refractivity contribution in [2.75, 3.05) is 12.4 Å². The van der Waals surface area contributed by atoms with Crippen LogP contribution >= 0.6 is 23.1 Å². The molecule has 10 heteroatoms. The minimum atomic E-state index is -0.389. The first kappa shape index (κ1) is 23.8. The van der Waals surface area contributed by atoms with Crippen molar-refractivity contribution in [2.24, 2.45) is 0 Å². The number of esters is 1. The van der Waals surface area contributed by atoms with E-state index in [0.29, 0.717) is 29.5 Å². The molecule has 0 aromatic carbocycles. The van der Waals surface area contributed by atoms with Gasteiger partial charge in [0.25, 0.3) is 0 Å². The van der Waals surface area contributed by atoms with Crippen LogP contribution in [0.4, 0.5) is 4.79 Å². The third-order valence-electron chi connectivity index (χ3n) is 6.08. The van der Waals surface area contributed by atoms with Crippen molar-refractivity contribution in [3.63, 3.8) is 0 Å². The molecule has 1 aliphatic heterocycles. The highest BCUT2D eigenvalue weighted by molar-refractivity contribution is 7.99. The number of thioether (sulfide) groups is 1. The smallest absolute Gasteiger partial charge is 0.337 e. The second kappa shape index (κ2) is 11.2. The molecule has 0 bridgehead atoms. The molecule has 1 atom stereocenters. The lowest BCUT2D eigenvalue weighted by atomic mass is 9.95. The zero-order chi connectivity index (χ0) is 23.2. The number of hydrogen-bond acceptors (Lipinski definition) is 7. The van der Waals surface area contributed by atoms with Gasteiger partial charge in [0.1, 0.15) is 5.82 Å². The molecule has 2 aliphatic rings. The van der Waals surface area contributed by atoms with E-state index in [-0.39, 0.29) is 24.6 Å². The number of nitrogens with zero attached hydrogens (tertiary/aromatic N) is 3. The highest BCUT2D eigenvalue weighted by atomic mass is 32.2. The predicted molar refractivity (Wildman–Crippen MR) is 129 cm³/mol. The van der Waals surface area contributed by atoms with Crippen molar-refractivity contribution in [1.82, 2.24) is 25.4 Å². The van der Waals surface area contributed by atoms with Gasteiger partial charge in [0.2, 0.25) is 0 Å². The van der Waals surface area contributed by atoms with Crippen LogP contribution in [0.2, 0.25) is 0 Å². The minimum absolute atomic E-state index is 0.287. The summed E-state index contributed by atoms with van der Waals surface area (Å²) in [5.74, 6) is 1.01. The van der Waals surface area contributed by atoms with E-state index >= 15 is 0 Å². The first-order valence-corrected chi connectivity index (χ1v) is 13.5. The Morgan fingerprint density at radius 3 is 2.79 bits per heavy atom. The maximum atomic E-state index is 12.7. The fourth-order valence-electron chi connectivity index (χ4n) is 4.51. The van der Waals surface area contributed by atoms with Gasteiger partial charge in [-0.25, -0.2) is 9.59 Å². The number of carbonyl (C=O) groups is 2. The molecule has 1 unspecified atom stereocenters. The molecule has 1 saturated carbocycles. The van der Waals surface area contributed by atoms with Gasteiger partial charge in [-0.3, -0.25) is 0 Å². The second-order valence-corrected chi connectivity index (χ2v) is 10.3. The van der Waals surface area contributed by atoms with Gasteiger partial charge in [-0.05, 0) is 37.6 Å². The van der Waals surface area contributed by atoms with E-state index in [4.69, 9.17) is 4.74 Å². The Morgan fingerprint density at radius 2 is 2.09 bits per heavy atom. The molecule has 178 valence electrons. The summed E-state index contributed by atoms with van der Waals surface area (Å²) >= 11 is 3.25. The Labute approximate surface area is 202 Å². The van der Waals surface area contributed by atoms with Gasteiger partial charge < -0.3 is 19.9 Å². The molecule has 2 aromatic heterocycles. The van der Waals surface area contributed by atoms with Gasteiger partial charge in [-0.1, -0.05) is 44.0 Å². The number of nitrogens with one attached hydrogen (secondary N) is 2. The van der Waals surface area contributed by atoms with E-state index in [9.17, 15) is 9.59 Å². The van der Waals surface area contributed by atoms with Crippen molar-refractivity contribution in [1.29, 1.82) is 0 Å². The highest BCUT2D eigenvalue weighted by Gasteiger charge is 2.32. The third kappa shape index (κ3) is 5.60. The largest absolute Gasteiger partial charge is 0.463 e. The molecular formula is C23H31N5O3S2. The van der Waals surface area contributed by atoms with Crippen LogP contribution in [0, 0.1) is 0 Å². The Kier molecular flexibility index (Phi) is 8.08. The number of rotatable bonds is 9. The van der Waals surface area contributed by atoms with Gasteiger partial charge in [0.05, 0.1) is 18.2 Å². The summed E-state index contributed by atoms with van der Waals surface area (Å²) in [4.78, 5) is 26.2. The normalized spacial score (nSPS) is 19.3. The van der Waals surface area contributed by atoms with Crippen LogP contribution < -0.4 is 10.6 Å². The van der Waals surface area contributed by atoms with Gasteiger partial charge in [0.15, 0.2) is 5.16 Å². The van der Waals surface area contributed by atoms with Crippen LogP contribution in [-0.4, -0.2) is 45.2 Å². The fourth-order valence-corrected chi connectivity index (χ4v) is 6.21. The maximum absolute atomic E-state index is 12.7. The molecule has 2 aromatic rings. The van der Waals surface area contributed by atoms with Crippen molar-refractivity contribution < 1.29 is 14.3 Å². The van der Waals surface area contributed by atoms with Gasteiger partial charge in [-0.15, -0.1) is 21.5 Å². The fraction of sp³-hybridized carbons (Fsp3) is 0.565. The number of urea groups is 1. The quantitative estimate of drug-likeness (QED) is 0.399. The van der Waals surface area contributed by atoms with Crippen molar-refractivity contribution in [2.45, 2.75) is 76.0 Å². The predicted octanol–water partition coefficient (Wildman–Crippen LogP) is 4.44. The Balaban J connectivity index is 1.61. The molecule has 33 heavy (non-hydrogen) atoms. The Bertz CT molecular complexity index is 996. The lowest BCUT2D eigenvalue weighted by Crippen LogP contribution is -2.50. The van der Waals surface area contributed by atoms with E-state index < -0.39 is 0 Å². The summed E-state index contributed by atoms with van der Waals surface area (Å²) < 4.78 is 7.58. The first-order chi connectivity index (χ1) is 16.1. The average Bonchev–Trinajstić information content (AvgIpc) is 3.48. The maximum Gasteiger partial charge on any atom is 0.337 e. The molecule has 8 nitrogen and oxygen atoms in total. The molecule has 0 saturated heterocycles.